The number of benzene rings is 2. The van der Waals surface area contributed by atoms with Gasteiger partial charge in [-0.05, 0) is 81.3 Å². The van der Waals surface area contributed by atoms with Gasteiger partial charge in [-0.3, -0.25) is 0 Å². The van der Waals surface area contributed by atoms with Gasteiger partial charge in [0, 0.05) is 6.54 Å². The number of hydrogen-bond donors (Lipinski definition) is 0. The second kappa shape index (κ2) is 12.4. The number of unbranched alkanes of at least 4 members (excludes halogenated alkanes) is 1. The predicted molar refractivity (Wildman–Crippen MR) is 118 cm³/mol. The number of nitrogens with zero attached hydrogens (tertiary/aromatic N) is 2. The summed E-state index contributed by atoms with van der Waals surface area (Å²) in [6.45, 7) is 4.14. The predicted octanol–water partition coefficient (Wildman–Crippen LogP) is 5.84. The fourth-order valence-electron chi connectivity index (χ4n) is 3.81. The zero-order valence-electron chi connectivity index (χ0n) is 17.4. The highest BCUT2D eigenvalue weighted by Gasteiger charge is 2.09. The molecule has 0 bridgehead atoms. The van der Waals surface area contributed by atoms with Gasteiger partial charge in [-0.25, -0.2) is 4.39 Å². The van der Waals surface area contributed by atoms with Crippen LogP contribution in [0, 0.1) is 5.82 Å². The van der Waals surface area contributed by atoms with E-state index >= 15 is 0 Å². The molecule has 1 aliphatic heterocycles. The molecule has 0 amide bonds. The van der Waals surface area contributed by atoms with Crippen molar-refractivity contribution in [3.8, 4) is 0 Å². The smallest absolute Gasteiger partial charge is 0.123 e. The summed E-state index contributed by atoms with van der Waals surface area (Å²) in [5.41, 5.74) is 3.22. The largest absolute Gasteiger partial charge is 0.396 e. The SMILES string of the molecule is Fc1ccc(C(CCCCc2ccccc2)=NOCCCN2CCCCC2)cc1. The Kier molecular flexibility index (Phi) is 9.18. The molecular weight excluding hydrogens is 363 g/mol. The standard InChI is InChI=1S/C25H33FN2O/c26-24-16-14-23(15-17-24)25(13-6-5-12-22-10-3-1-4-11-22)27-29-21-9-20-28-18-7-2-8-19-28/h1,3-4,10-11,14-17H,2,5-9,12-13,18-21H2. The van der Waals surface area contributed by atoms with E-state index in [9.17, 15) is 4.39 Å². The third-order valence-corrected chi connectivity index (χ3v) is 5.48. The second-order valence-electron chi connectivity index (χ2n) is 7.83. The lowest BCUT2D eigenvalue weighted by atomic mass is 10.0. The molecule has 1 heterocycles. The van der Waals surface area contributed by atoms with E-state index in [4.69, 9.17) is 4.84 Å². The highest BCUT2D eigenvalue weighted by Crippen LogP contribution is 2.13. The molecule has 0 saturated carbocycles. The Morgan fingerprint density at radius 1 is 0.897 bits per heavy atom. The third kappa shape index (κ3) is 7.98. The molecule has 1 saturated heterocycles. The molecule has 0 aliphatic carbocycles. The Balaban J connectivity index is 1.46. The molecule has 3 nitrogen and oxygen atoms in total. The van der Waals surface area contributed by atoms with E-state index in [1.807, 2.05) is 6.07 Å². The number of hydrogen-bond acceptors (Lipinski definition) is 3. The average molecular weight is 397 g/mol. The lowest BCUT2D eigenvalue weighted by Gasteiger charge is -2.25. The molecule has 0 N–H and O–H groups in total. The summed E-state index contributed by atoms with van der Waals surface area (Å²) >= 11 is 0. The first-order valence-corrected chi connectivity index (χ1v) is 11.0. The summed E-state index contributed by atoms with van der Waals surface area (Å²) in [6, 6.07) is 17.1. The zero-order valence-corrected chi connectivity index (χ0v) is 17.4. The van der Waals surface area contributed by atoms with Crippen molar-refractivity contribution in [2.45, 2.75) is 51.4 Å². The number of rotatable bonds is 11. The van der Waals surface area contributed by atoms with Crippen molar-refractivity contribution < 1.29 is 9.23 Å². The van der Waals surface area contributed by atoms with E-state index in [1.54, 1.807) is 12.1 Å². The van der Waals surface area contributed by atoms with Crippen molar-refractivity contribution in [2.24, 2.45) is 5.16 Å². The van der Waals surface area contributed by atoms with Gasteiger partial charge in [0.15, 0.2) is 0 Å². The zero-order chi connectivity index (χ0) is 20.2. The molecule has 0 atom stereocenters. The van der Waals surface area contributed by atoms with Crippen molar-refractivity contribution >= 4 is 5.71 Å². The summed E-state index contributed by atoms with van der Waals surface area (Å²) in [5, 5.41) is 4.43. The van der Waals surface area contributed by atoms with Crippen molar-refractivity contribution in [3.63, 3.8) is 0 Å². The van der Waals surface area contributed by atoms with Gasteiger partial charge < -0.3 is 9.74 Å². The maximum atomic E-state index is 13.3. The summed E-state index contributed by atoms with van der Waals surface area (Å²) in [5.74, 6) is -0.223. The summed E-state index contributed by atoms with van der Waals surface area (Å²) < 4.78 is 13.3. The number of oxime groups is 1. The number of likely N-dealkylation sites (tertiary alicyclic amines) is 1. The van der Waals surface area contributed by atoms with Gasteiger partial charge in [0.2, 0.25) is 0 Å². The Morgan fingerprint density at radius 2 is 1.66 bits per heavy atom. The van der Waals surface area contributed by atoms with Crippen LogP contribution in [0.1, 0.15) is 56.1 Å². The van der Waals surface area contributed by atoms with Gasteiger partial charge in [0.1, 0.15) is 12.4 Å². The van der Waals surface area contributed by atoms with Gasteiger partial charge in [-0.2, -0.15) is 0 Å². The highest BCUT2D eigenvalue weighted by atomic mass is 19.1. The molecule has 0 radical (unpaired) electrons. The maximum Gasteiger partial charge on any atom is 0.123 e. The van der Waals surface area contributed by atoms with Crippen LogP contribution >= 0.6 is 0 Å². The van der Waals surface area contributed by atoms with Crippen LogP contribution in [-0.4, -0.2) is 36.9 Å². The number of piperidine rings is 1. The van der Waals surface area contributed by atoms with Gasteiger partial charge >= 0.3 is 0 Å². The van der Waals surface area contributed by atoms with Gasteiger partial charge in [0.05, 0.1) is 5.71 Å². The first kappa shape index (κ1) is 21.5. The second-order valence-corrected chi connectivity index (χ2v) is 7.83. The van der Waals surface area contributed by atoms with Crippen molar-refractivity contribution in [2.75, 3.05) is 26.2 Å². The summed E-state index contributed by atoms with van der Waals surface area (Å²) in [6.07, 6.45) is 9.02. The molecule has 1 fully saturated rings. The van der Waals surface area contributed by atoms with Crippen LogP contribution in [0.4, 0.5) is 4.39 Å². The minimum Gasteiger partial charge on any atom is -0.396 e. The van der Waals surface area contributed by atoms with Crippen LogP contribution in [0.15, 0.2) is 59.8 Å². The maximum absolute atomic E-state index is 13.3. The molecular formula is C25H33FN2O. The van der Waals surface area contributed by atoms with E-state index in [1.165, 1.54) is 50.0 Å². The van der Waals surface area contributed by atoms with Crippen molar-refractivity contribution in [1.29, 1.82) is 0 Å². The van der Waals surface area contributed by atoms with Crippen LogP contribution in [0.5, 0.6) is 0 Å². The quantitative estimate of drug-likeness (QED) is 0.271. The van der Waals surface area contributed by atoms with Crippen molar-refractivity contribution in [3.05, 3.63) is 71.5 Å². The molecule has 0 aromatic heterocycles. The van der Waals surface area contributed by atoms with Crippen LogP contribution in [0.3, 0.4) is 0 Å². The van der Waals surface area contributed by atoms with Gasteiger partial charge in [-0.1, -0.05) is 54.0 Å². The number of halogens is 1. The Bertz CT molecular complexity index is 724. The first-order chi connectivity index (χ1) is 14.3. The molecule has 2 aromatic carbocycles. The van der Waals surface area contributed by atoms with Crippen molar-refractivity contribution in [1.82, 2.24) is 4.90 Å². The Labute approximate surface area is 174 Å². The van der Waals surface area contributed by atoms with Crippen LogP contribution in [0.25, 0.3) is 0 Å². The summed E-state index contributed by atoms with van der Waals surface area (Å²) in [4.78, 5) is 8.17. The molecule has 2 aromatic rings. The Morgan fingerprint density at radius 3 is 2.41 bits per heavy atom. The molecule has 3 rings (SSSR count). The molecule has 1 aliphatic rings. The molecule has 29 heavy (non-hydrogen) atoms. The van der Waals surface area contributed by atoms with E-state index in [0.29, 0.717) is 6.61 Å². The molecule has 4 heteroatoms. The van der Waals surface area contributed by atoms with E-state index in [0.717, 1.165) is 49.9 Å². The minimum atomic E-state index is -0.223. The van der Waals surface area contributed by atoms with Crippen LogP contribution in [-0.2, 0) is 11.3 Å². The fraction of sp³-hybridized carbons (Fsp3) is 0.480. The third-order valence-electron chi connectivity index (χ3n) is 5.48. The summed E-state index contributed by atoms with van der Waals surface area (Å²) in [7, 11) is 0. The normalized spacial score (nSPS) is 15.4. The highest BCUT2D eigenvalue weighted by molar-refractivity contribution is 6.00. The van der Waals surface area contributed by atoms with Gasteiger partial charge in [-0.15, -0.1) is 0 Å². The minimum absolute atomic E-state index is 0.223. The lowest BCUT2D eigenvalue weighted by molar-refractivity contribution is 0.124. The first-order valence-electron chi connectivity index (χ1n) is 11.0. The topological polar surface area (TPSA) is 24.8 Å². The fourth-order valence-corrected chi connectivity index (χ4v) is 3.81. The van der Waals surface area contributed by atoms with E-state index in [-0.39, 0.29) is 5.82 Å². The molecule has 0 unspecified atom stereocenters. The molecule has 156 valence electrons. The van der Waals surface area contributed by atoms with Crippen LogP contribution in [0.2, 0.25) is 0 Å². The monoisotopic (exact) mass is 396 g/mol. The van der Waals surface area contributed by atoms with E-state index in [2.05, 4.69) is 34.3 Å². The average Bonchev–Trinajstić information content (AvgIpc) is 2.77. The molecule has 0 spiro atoms. The van der Waals surface area contributed by atoms with Crippen LogP contribution < -0.4 is 0 Å². The lowest BCUT2D eigenvalue weighted by Crippen LogP contribution is -2.31. The Hall–Kier alpha value is -2.20. The van der Waals surface area contributed by atoms with E-state index < -0.39 is 0 Å². The van der Waals surface area contributed by atoms with Gasteiger partial charge in [0.25, 0.3) is 0 Å². The number of aryl methyl sites for hydroxylation is 1.